The van der Waals surface area contributed by atoms with E-state index in [1.807, 2.05) is 81.4 Å². The molecule has 1 N–H and O–H groups in total. The van der Waals surface area contributed by atoms with Crippen molar-refractivity contribution < 1.29 is 18.0 Å². The number of hydrogen-bond acceptors (Lipinski definition) is 4. The second kappa shape index (κ2) is 15.4. The van der Waals surface area contributed by atoms with Crippen molar-refractivity contribution in [3.63, 3.8) is 0 Å². The zero-order valence-corrected chi connectivity index (χ0v) is 27.8. The van der Waals surface area contributed by atoms with Gasteiger partial charge in [0, 0.05) is 19.0 Å². The molecule has 4 aromatic carbocycles. The molecule has 0 spiro atoms. The van der Waals surface area contributed by atoms with E-state index >= 15 is 0 Å². The van der Waals surface area contributed by atoms with Crippen LogP contribution in [0.15, 0.2) is 108 Å². The Hall–Kier alpha value is -3.85. The van der Waals surface area contributed by atoms with Gasteiger partial charge in [0.15, 0.2) is 0 Å². The Bertz CT molecular complexity index is 1700. The van der Waals surface area contributed by atoms with E-state index < -0.39 is 28.5 Å². The topological polar surface area (TPSA) is 86.8 Å². The molecule has 4 rings (SSSR count). The molecule has 0 fully saturated rings. The monoisotopic (exact) mass is 665 g/mol. The Labute approximate surface area is 275 Å². The van der Waals surface area contributed by atoms with E-state index in [9.17, 15) is 18.0 Å². The summed E-state index contributed by atoms with van der Waals surface area (Å²) in [6.45, 7) is 5.17. The van der Waals surface area contributed by atoms with Gasteiger partial charge in [-0.15, -0.1) is 0 Å². The van der Waals surface area contributed by atoms with Gasteiger partial charge < -0.3 is 10.2 Å². The van der Waals surface area contributed by atoms with Gasteiger partial charge in [-0.3, -0.25) is 13.9 Å². The number of aryl methyl sites for hydroxylation is 1. The number of halogens is 2. The number of benzene rings is 4. The zero-order valence-electron chi connectivity index (χ0n) is 25.5. The molecule has 4 aromatic rings. The molecule has 0 heterocycles. The second-order valence-electron chi connectivity index (χ2n) is 10.9. The fourth-order valence-electron chi connectivity index (χ4n) is 4.81. The Kier molecular flexibility index (Phi) is 11.7. The number of carbonyl (C=O) groups is 2. The first-order valence-electron chi connectivity index (χ1n) is 14.7. The summed E-state index contributed by atoms with van der Waals surface area (Å²) in [5.74, 6) is -0.906. The lowest BCUT2D eigenvalue weighted by atomic mass is 10.0. The van der Waals surface area contributed by atoms with Gasteiger partial charge in [0.2, 0.25) is 11.8 Å². The Morgan fingerprint density at radius 3 is 2.02 bits per heavy atom. The zero-order chi connectivity index (χ0) is 32.6. The third-order valence-corrected chi connectivity index (χ3v) is 10.1. The molecule has 2 amide bonds. The SMILES string of the molecule is CC[C@H](C)NC(=O)[C@H](Cc1ccccc1)N(Cc1ccccc1)C(=O)CN(c1cccc(Cl)c1Cl)S(=O)(=O)c1ccc(C)cc1. The summed E-state index contributed by atoms with van der Waals surface area (Å²) in [5.41, 5.74) is 2.58. The van der Waals surface area contributed by atoms with Gasteiger partial charge >= 0.3 is 0 Å². The van der Waals surface area contributed by atoms with Crippen LogP contribution in [0.2, 0.25) is 10.0 Å². The summed E-state index contributed by atoms with van der Waals surface area (Å²) in [6.07, 6.45) is 0.927. The molecule has 45 heavy (non-hydrogen) atoms. The largest absolute Gasteiger partial charge is 0.352 e. The number of hydrogen-bond donors (Lipinski definition) is 1. The first-order chi connectivity index (χ1) is 21.5. The van der Waals surface area contributed by atoms with E-state index in [-0.39, 0.29) is 45.5 Å². The highest BCUT2D eigenvalue weighted by Crippen LogP contribution is 2.35. The number of anilines is 1. The highest BCUT2D eigenvalue weighted by atomic mass is 35.5. The molecule has 2 atom stereocenters. The third kappa shape index (κ3) is 8.66. The van der Waals surface area contributed by atoms with Crippen molar-refractivity contribution in [2.75, 3.05) is 10.8 Å². The van der Waals surface area contributed by atoms with Gasteiger partial charge in [-0.1, -0.05) is 115 Å². The van der Waals surface area contributed by atoms with Gasteiger partial charge in [-0.2, -0.15) is 0 Å². The molecular formula is C35H37Cl2N3O4S. The van der Waals surface area contributed by atoms with Crippen molar-refractivity contribution in [1.82, 2.24) is 10.2 Å². The van der Waals surface area contributed by atoms with Crippen molar-refractivity contribution in [2.24, 2.45) is 0 Å². The van der Waals surface area contributed by atoms with Crippen LogP contribution in [0.4, 0.5) is 5.69 Å². The van der Waals surface area contributed by atoms with E-state index in [4.69, 9.17) is 23.2 Å². The lowest BCUT2D eigenvalue weighted by Gasteiger charge is -2.34. The van der Waals surface area contributed by atoms with Crippen LogP contribution in [0.1, 0.15) is 37.0 Å². The molecule has 0 aromatic heterocycles. The highest BCUT2D eigenvalue weighted by molar-refractivity contribution is 7.92. The molecule has 0 unspecified atom stereocenters. The normalized spacial score (nSPS) is 12.6. The van der Waals surface area contributed by atoms with Crippen LogP contribution in [0.3, 0.4) is 0 Å². The molecular weight excluding hydrogens is 629 g/mol. The highest BCUT2D eigenvalue weighted by Gasteiger charge is 2.35. The molecule has 0 aliphatic carbocycles. The summed E-state index contributed by atoms with van der Waals surface area (Å²) in [4.78, 5) is 29.8. The lowest BCUT2D eigenvalue weighted by Crippen LogP contribution is -2.54. The second-order valence-corrected chi connectivity index (χ2v) is 13.6. The van der Waals surface area contributed by atoms with Crippen LogP contribution in [0.25, 0.3) is 0 Å². The summed E-state index contributed by atoms with van der Waals surface area (Å²) < 4.78 is 29.3. The fourth-order valence-corrected chi connectivity index (χ4v) is 6.68. The van der Waals surface area contributed by atoms with Crippen molar-refractivity contribution >= 4 is 50.7 Å². The smallest absolute Gasteiger partial charge is 0.264 e. The van der Waals surface area contributed by atoms with E-state index in [0.29, 0.717) is 6.42 Å². The maximum atomic E-state index is 14.5. The Morgan fingerprint density at radius 1 is 0.822 bits per heavy atom. The summed E-state index contributed by atoms with van der Waals surface area (Å²) in [6, 6.07) is 28.6. The number of carbonyl (C=O) groups excluding carboxylic acids is 2. The maximum absolute atomic E-state index is 14.5. The molecule has 0 aliphatic rings. The summed E-state index contributed by atoms with van der Waals surface area (Å²) in [5, 5.41) is 3.16. The van der Waals surface area contributed by atoms with Gasteiger partial charge in [-0.25, -0.2) is 8.42 Å². The number of sulfonamides is 1. The standard InChI is InChI=1S/C35H37Cl2N3O4S/c1-4-26(3)38-35(42)32(22-27-12-7-5-8-13-27)39(23-28-14-9-6-10-15-28)33(41)24-40(31-17-11-16-30(36)34(31)37)45(43,44)29-20-18-25(2)19-21-29/h5-21,26,32H,4,22-24H2,1-3H3,(H,38,42)/t26-,32-/m0/s1. The van der Waals surface area contributed by atoms with Crippen molar-refractivity contribution in [2.45, 2.75) is 57.1 Å². The minimum Gasteiger partial charge on any atom is -0.352 e. The summed E-state index contributed by atoms with van der Waals surface area (Å²) in [7, 11) is -4.30. The quantitative estimate of drug-likeness (QED) is 0.166. The van der Waals surface area contributed by atoms with Crippen molar-refractivity contribution in [3.8, 4) is 0 Å². The minimum absolute atomic E-state index is 0.00684. The molecule has 0 radical (unpaired) electrons. The van der Waals surface area contributed by atoms with E-state index in [1.54, 1.807) is 24.3 Å². The van der Waals surface area contributed by atoms with E-state index in [0.717, 1.165) is 21.0 Å². The lowest BCUT2D eigenvalue weighted by molar-refractivity contribution is -0.140. The predicted molar refractivity (Wildman–Crippen MR) is 181 cm³/mol. The Balaban J connectivity index is 1.82. The number of rotatable bonds is 13. The van der Waals surface area contributed by atoms with Crippen LogP contribution in [0, 0.1) is 6.92 Å². The molecule has 0 saturated heterocycles. The number of nitrogens with one attached hydrogen (secondary N) is 1. The minimum atomic E-state index is -4.30. The average Bonchev–Trinajstić information content (AvgIpc) is 3.04. The van der Waals surface area contributed by atoms with Gasteiger partial charge in [0.25, 0.3) is 10.0 Å². The van der Waals surface area contributed by atoms with Crippen LogP contribution in [0.5, 0.6) is 0 Å². The van der Waals surface area contributed by atoms with Crippen LogP contribution in [-0.2, 0) is 32.6 Å². The fraction of sp³-hybridized carbons (Fsp3) is 0.257. The van der Waals surface area contributed by atoms with E-state index in [1.165, 1.54) is 23.1 Å². The Morgan fingerprint density at radius 2 is 1.42 bits per heavy atom. The number of nitrogens with zero attached hydrogens (tertiary/aromatic N) is 2. The molecule has 10 heteroatoms. The molecule has 236 valence electrons. The van der Waals surface area contributed by atoms with Crippen LogP contribution < -0.4 is 9.62 Å². The number of amides is 2. The maximum Gasteiger partial charge on any atom is 0.264 e. The molecule has 0 aliphatic heterocycles. The van der Waals surface area contributed by atoms with E-state index in [2.05, 4.69) is 5.32 Å². The van der Waals surface area contributed by atoms with Gasteiger partial charge in [0.1, 0.15) is 12.6 Å². The predicted octanol–water partition coefficient (Wildman–Crippen LogP) is 7.05. The van der Waals surface area contributed by atoms with Gasteiger partial charge in [0.05, 0.1) is 20.6 Å². The first kappa shape index (κ1) is 34.0. The van der Waals surface area contributed by atoms with Gasteiger partial charge in [-0.05, 0) is 55.7 Å². The van der Waals surface area contributed by atoms with Crippen LogP contribution >= 0.6 is 23.2 Å². The molecule has 0 bridgehead atoms. The first-order valence-corrected chi connectivity index (χ1v) is 16.9. The van der Waals surface area contributed by atoms with Crippen molar-refractivity contribution in [1.29, 1.82) is 0 Å². The molecule has 0 saturated carbocycles. The molecule has 7 nitrogen and oxygen atoms in total. The van der Waals surface area contributed by atoms with Crippen LogP contribution in [-0.4, -0.2) is 43.8 Å². The van der Waals surface area contributed by atoms with Crippen molar-refractivity contribution in [3.05, 3.63) is 130 Å². The average molecular weight is 667 g/mol. The summed E-state index contributed by atoms with van der Waals surface area (Å²) >= 11 is 12.9. The third-order valence-electron chi connectivity index (χ3n) is 7.56.